The van der Waals surface area contributed by atoms with Gasteiger partial charge in [0.15, 0.2) is 6.17 Å². The zero-order valence-corrected chi connectivity index (χ0v) is 24.1. The highest BCUT2D eigenvalue weighted by Crippen LogP contribution is 2.27. The van der Waals surface area contributed by atoms with Crippen LogP contribution in [-0.4, -0.2) is 50.0 Å². The van der Waals surface area contributed by atoms with Gasteiger partial charge in [-0.3, -0.25) is 10.3 Å². The maximum absolute atomic E-state index is 11.1. The fraction of sp³-hybridized carbons (Fsp3) is 0.333. The number of ether oxygens (including phenoxy) is 1. The first-order valence-electron chi connectivity index (χ1n) is 13.2. The predicted octanol–water partition coefficient (Wildman–Crippen LogP) is 4.35. The Morgan fingerprint density at radius 2 is 2.05 bits per heavy atom. The highest BCUT2D eigenvalue weighted by molar-refractivity contribution is 6.36. The molecule has 1 heterocycles. The molecular formula is C30H34Cl2N6O2. The Morgan fingerprint density at radius 1 is 1.23 bits per heavy atom. The van der Waals surface area contributed by atoms with Crippen LogP contribution in [0.1, 0.15) is 36.5 Å². The van der Waals surface area contributed by atoms with E-state index in [1.165, 1.54) is 11.6 Å². The summed E-state index contributed by atoms with van der Waals surface area (Å²) < 4.78 is 5.73. The Balaban J connectivity index is 1.63. The van der Waals surface area contributed by atoms with Gasteiger partial charge in [-0.2, -0.15) is 5.26 Å². The molecule has 0 amide bonds. The first-order chi connectivity index (χ1) is 19.4. The summed E-state index contributed by atoms with van der Waals surface area (Å²) >= 11 is 13.0. The van der Waals surface area contributed by atoms with E-state index in [0.717, 1.165) is 41.8 Å². The van der Waals surface area contributed by atoms with Crippen molar-refractivity contribution in [3.8, 4) is 6.07 Å². The molecule has 0 bridgehead atoms. The molecule has 210 valence electrons. The van der Waals surface area contributed by atoms with E-state index in [1.54, 1.807) is 6.07 Å². The summed E-state index contributed by atoms with van der Waals surface area (Å²) in [5.74, 6) is 0.430. The normalized spacial score (nSPS) is 20.9. The monoisotopic (exact) mass is 580 g/mol. The lowest BCUT2D eigenvalue weighted by Crippen LogP contribution is -2.49. The van der Waals surface area contributed by atoms with Gasteiger partial charge in [0.1, 0.15) is 12.0 Å². The molecule has 2 unspecified atom stereocenters. The first-order valence-corrected chi connectivity index (χ1v) is 13.9. The highest BCUT2D eigenvalue weighted by Gasteiger charge is 2.26. The molecule has 5 N–H and O–H groups in total. The van der Waals surface area contributed by atoms with Crippen molar-refractivity contribution in [3.63, 3.8) is 0 Å². The predicted molar refractivity (Wildman–Crippen MR) is 160 cm³/mol. The minimum Gasteiger partial charge on any atom is -0.376 e. The zero-order valence-electron chi connectivity index (χ0n) is 22.6. The van der Waals surface area contributed by atoms with Crippen LogP contribution in [0.25, 0.3) is 0 Å². The Morgan fingerprint density at radius 3 is 2.80 bits per heavy atom. The molecule has 0 aromatic heterocycles. The van der Waals surface area contributed by atoms with Crippen molar-refractivity contribution in [2.24, 2.45) is 4.99 Å². The number of rotatable bonds is 10. The standard InChI is InChI=1S/C30H34Cl2N6O2/c1-19-15-20(18-40-14-13-34-2)7-10-26(19)36-27(11-12-33)37-29-30(39)35-17-21-8-9-22(31)16-24(21)28(38-29)23-5-3-4-6-25(23)32/h3-6,8-9,11,15-16,29-30,34-37,39H,7,10,13-14,17-18H2,1-2H3/b27-11+,38-28-. The van der Waals surface area contributed by atoms with Gasteiger partial charge in [-0.1, -0.05) is 53.5 Å². The molecule has 2 aromatic carbocycles. The van der Waals surface area contributed by atoms with Gasteiger partial charge in [0, 0.05) is 40.0 Å². The number of aliphatic imine (C=N–C) groups is 1. The molecule has 8 nitrogen and oxygen atoms in total. The number of hydrogen-bond acceptors (Lipinski definition) is 8. The lowest BCUT2D eigenvalue weighted by atomic mass is 9.96. The molecule has 2 aromatic rings. The van der Waals surface area contributed by atoms with E-state index >= 15 is 0 Å². The zero-order chi connectivity index (χ0) is 28.5. The molecule has 0 saturated heterocycles. The lowest BCUT2D eigenvalue weighted by Gasteiger charge is -2.29. The maximum atomic E-state index is 11.1. The molecule has 2 atom stereocenters. The molecule has 0 saturated carbocycles. The van der Waals surface area contributed by atoms with Crippen molar-refractivity contribution >= 4 is 28.9 Å². The SMILES string of the molecule is CNCCOCC1=CC(C)=C(N/C(=C\C#N)NC2/N=C(/c3ccccc3Cl)c3cc(Cl)ccc3CNC2O)CC1. The van der Waals surface area contributed by atoms with Crippen LogP contribution in [0.2, 0.25) is 10.0 Å². The Bertz CT molecular complexity index is 1380. The van der Waals surface area contributed by atoms with Crippen LogP contribution in [-0.2, 0) is 11.3 Å². The molecule has 1 aliphatic heterocycles. The van der Waals surface area contributed by atoms with E-state index in [9.17, 15) is 10.4 Å². The quantitative estimate of drug-likeness (QED) is 0.210. The minimum atomic E-state index is -1.06. The fourth-order valence-electron chi connectivity index (χ4n) is 4.61. The topological polar surface area (TPSA) is 114 Å². The Labute approximate surface area is 245 Å². The van der Waals surface area contributed by atoms with Gasteiger partial charge in [0.25, 0.3) is 0 Å². The Hall–Kier alpha value is -3.16. The third-order valence-electron chi connectivity index (χ3n) is 6.70. The van der Waals surface area contributed by atoms with Gasteiger partial charge in [-0.25, -0.2) is 0 Å². The van der Waals surface area contributed by atoms with Crippen LogP contribution in [0.15, 0.2) is 82.3 Å². The number of nitrogens with one attached hydrogen (secondary N) is 4. The number of nitriles is 1. The molecule has 0 radical (unpaired) electrons. The third kappa shape index (κ3) is 7.73. The van der Waals surface area contributed by atoms with Crippen LogP contribution in [0.5, 0.6) is 0 Å². The molecule has 0 spiro atoms. The van der Waals surface area contributed by atoms with E-state index in [4.69, 9.17) is 32.9 Å². The van der Waals surface area contributed by atoms with Crippen molar-refractivity contribution in [2.45, 2.75) is 38.7 Å². The van der Waals surface area contributed by atoms with Gasteiger partial charge in [0.05, 0.1) is 31.1 Å². The molecule has 0 fully saturated rings. The molecule has 2 aliphatic rings. The summed E-state index contributed by atoms with van der Waals surface area (Å²) in [6.07, 6.45) is 3.20. The molecule has 1 aliphatic carbocycles. The summed E-state index contributed by atoms with van der Waals surface area (Å²) in [5, 5.41) is 34.5. The summed E-state index contributed by atoms with van der Waals surface area (Å²) in [5.41, 5.74) is 6.31. The summed E-state index contributed by atoms with van der Waals surface area (Å²) in [6.45, 7) is 4.47. The number of benzene rings is 2. The van der Waals surface area contributed by atoms with Gasteiger partial charge in [0.2, 0.25) is 0 Å². The second-order valence-corrected chi connectivity index (χ2v) is 10.4. The van der Waals surface area contributed by atoms with E-state index in [1.807, 2.05) is 50.4 Å². The molecule has 10 heteroatoms. The van der Waals surface area contributed by atoms with Crippen LogP contribution in [0, 0.1) is 11.3 Å². The average Bonchev–Trinajstić information content (AvgIpc) is 2.93. The van der Waals surface area contributed by atoms with Crippen molar-refractivity contribution < 1.29 is 9.84 Å². The largest absolute Gasteiger partial charge is 0.376 e. The number of likely N-dealkylation sites (N-methyl/N-ethyl adjacent to an activating group) is 1. The van der Waals surface area contributed by atoms with E-state index in [2.05, 4.69) is 33.4 Å². The second-order valence-electron chi connectivity index (χ2n) is 9.61. The number of aliphatic hydroxyl groups excluding tert-OH is 1. The number of hydrogen-bond donors (Lipinski definition) is 5. The van der Waals surface area contributed by atoms with Gasteiger partial charge in [-0.15, -0.1) is 0 Å². The number of fused-ring (bicyclic) bond motifs is 1. The average molecular weight is 582 g/mol. The van der Waals surface area contributed by atoms with Crippen LogP contribution in [0.4, 0.5) is 0 Å². The van der Waals surface area contributed by atoms with E-state index < -0.39 is 12.4 Å². The summed E-state index contributed by atoms with van der Waals surface area (Å²) in [4.78, 5) is 4.94. The van der Waals surface area contributed by atoms with E-state index in [0.29, 0.717) is 46.9 Å². The van der Waals surface area contributed by atoms with E-state index in [-0.39, 0.29) is 0 Å². The lowest BCUT2D eigenvalue weighted by molar-refractivity contribution is 0.0976. The van der Waals surface area contributed by atoms with Crippen molar-refractivity contribution in [2.75, 3.05) is 26.8 Å². The van der Waals surface area contributed by atoms with Crippen LogP contribution in [0.3, 0.4) is 0 Å². The molecular weight excluding hydrogens is 547 g/mol. The van der Waals surface area contributed by atoms with Crippen LogP contribution >= 0.6 is 23.2 Å². The Kier molecular flexibility index (Phi) is 10.8. The summed E-state index contributed by atoms with van der Waals surface area (Å²) in [6, 6.07) is 15.1. The van der Waals surface area contributed by atoms with Gasteiger partial charge in [-0.05, 0) is 61.7 Å². The summed E-state index contributed by atoms with van der Waals surface area (Å²) in [7, 11) is 1.90. The van der Waals surface area contributed by atoms with Crippen LogP contribution < -0.4 is 21.3 Å². The second kappa shape index (κ2) is 14.5. The number of allylic oxidation sites excluding steroid dienone is 4. The highest BCUT2D eigenvalue weighted by atomic mass is 35.5. The maximum Gasteiger partial charge on any atom is 0.160 e. The van der Waals surface area contributed by atoms with Crippen molar-refractivity contribution in [1.82, 2.24) is 21.3 Å². The number of nitrogens with zero attached hydrogens (tertiary/aromatic N) is 2. The first kappa shape index (κ1) is 29.8. The van der Waals surface area contributed by atoms with Gasteiger partial charge < -0.3 is 25.8 Å². The van der Waals surface area contributed by atoms with Crippen molar-refractivity contribution in [1.29, 1.82) is 5.26 Å². The van der Waals surface area contributed by atoms with Crippen molar-refractivity contribution in [3.05, 3.63) is 104 Å². The third-order valence-corrected chi connectivity index (χ3v) is 7.26. The number of halogens is 2. The number of aliphatic hydroxyl groups is 1. The molecule has 40 heavy (non-hydrogen) atoms. The smallest absolute Gasteiger partial charge is 0.160 e. The van der Waals surface area contributed by atoms with Gasteiger partial charge >= 0.3 is 0 Å². The fourth-order valence-corrected chi connectivity index (χ4v) is 5.01. The molecule has 4 rings (SSSR count). The minimum absolute atomic E-state index is 0.383.